The van der Waals surface area contributed by atoms with Gasteiger partial charge in [-0.3, -0.25) is 4.68 Å². The summed E-state index contributed by atoms with van der Waals surface area (Å²) in [6, 6.07) is 8.13. The Balaban J connectivity index is 2.00. The Labute approximate surface area is 101 Å². The van der Waals surface area contributed by atoms with Crippen LogP contribution in [0.25, 0.3) is 10.9 Å². The minimum absolute atomic E-state index is 0.298. The highest BCUT2D eigenvalue weighted by atomic mass is 16.3. The van der Waals surface area contributed by atoms with Crippen LogP contribution in [-0.2, 0) is 6.54 Å². The van der Waals surface area contributed by atoms with E-state index in [-0.39, 0.29) is 0 Å². The predicted molar refractivity (Wildman–Crippen MR) is 68.6 cm³/mol. The Kier molecular flexibility index (Phi) is 3.45. The van der Waals surface area contributed by atoms with Crippen LogP contribution < -0.4 is 5.73 Å². The van der Waals surface area contributed by atoms with Crippen molar-refractivity contribution in [2.75, 3.05) is 6.54 Å². The molecule has 2 rings (SSSR count). The van der Waals surface area contributed by atoms with Crippen LogP contribution in [0.4, 0.5) is 0 Å². The van der Waals surface area contributed by atoms with Gasteiger partial charge in [0.15, 0.2) is 0 Å². The highest BCUT2D eigenvalue weighted by molar-refractivity contribution is 5.78. The van der Waals surface area contributed by atoms with E-state index >= 15 is 0 Å². The number of nitrogens with zero attached hydrogens (tertiary/aromatic N) is 2. The molecule has 1 aromatic heterocycles. The number of para-hydroxylation sites is 1. The molecule has 1 atom stereocenters. The fraction of sp³-hybridized carbons (Fsp3) is 0.462. The number of benzene rings is 1. The van der Waals surface area contributed by atoms with Crippen molar-refractivity contribution in [3.63, 3.8) is 0 Å². The second-order valence-electron chi connectivity index (χ2n) is 4.73. The van der Waals surface area contributed by atoms with E-state index in [4.69, 9.17) is 5.73 Å². The molecular formula is C13H19N3O. The first-order valence-corrected chi connectivity index (χ1v) is 5.95. The van der Waals surface area contributed by atoms with Crippen LogP contribution in [0.1, 0.15) is 19.8 Å². The summed E-state index contributed by atoms with van der Waals surface area (Å²) in [7, 11) is 0. The molecule has 4 nitrogen and oxygen atoms in total. The SMILES string of the molecule is CC(O)(CN)CCCn1ncc2ccccc21. The number of hydrogen-bond donors (Lipinski definition) is 2. The van der Waals surface area contributed by atoms with Gasteiger partial charge < -0.3 is 10.8 Å². The van der Waals surface area contributed by atoms with E-state index in [1.807, 2.05) is 23.0 Å². The second-order valence-corrected chi connectivity index (χ2v) is 4.73. The van der Waals surface area contributed by atoms with Crippen LogP contribution in [0.5, 0.6) is 0 Å². The average molecular weight is 233 g/mol. The van der Waals surface area contributed by atoms with Gasteiger partial charge in [-0.15, -0.1) is 0 Å². The molecule has 1 aromatic carbocycles. The lowest BCUT2D eigenvalue weighted by atomic mass is 10.0. The number of rotatable bonds is 5. The number of aromatic nitrogens is 2. The highest BCUT2D eigenvalue weighted by Gasteiger charge is 2.17. The first-order valence-electron chi connectivity index (χ1n) is 5.95. The summed E-state index contributed by atoms with van der Waals surface area (Å²) in [4.78, 5) is 0. The van der Waals surface area contributed by atoms with Crippen molar-refractivity contribution in [2.24, 2.45) is 5.73 Å². The zero-order valence-corrected chi connectivity index (χ0v) is 10.1. The van der Waals surface area contributed by atoms with Gasteiger partial charge in [0.05, 0.1) is 17.3 Å². The Morgan fingerprint density at radius 3 is 2.94 bits per heavy atom. The molecule has 0 aliphatic heterocycles. The van der Waals surface area contributed by atoms with Crippen molar-refractivity contribution in [2.45, 2.75) is 31.9 Å². The fourth-order valence-corrected chi connectivity index (χ4v) is 1.92. The van der Waals surface area contributed by atoms with Gasteiger partial charge >= 0.3 is 0 Å². The molecule has 4 heteroatoms. The molecule has 1 unspecified atom stereocenters. The van der Waals surface area contributed by atoms with Crippen molar-refractivity contribution in [3.05, 3.63) is 30.5 Å². The number of aliphatic hydroxyl groups is 1. The maximum absolute atomic E-state index is 9.81. The lowest BCUT2D eigenvalue weighted by molar-refractivity contribution is 0.0565. The first-order chi connectivity index (χ1) is 8.12. The zero-order valence-electron chi connectivity index (χ0n) is 10.1. The van der Waals surface area contributed by atoms with Gasteiger partial charge in [0.2, 0.25) is 0 Å². The van der Waals surface area contributed by atoms with Crippen LogP contribution in [0.15, 0.2) is 30.5 Å². The summed E-state index contributed by atoms with van der Waals surface area (Å²) in [5, 5.41) is 15.3. The smallest absolute Gasteiger partial charge is 0.0742 e. The molecule has 0 aliphatic carbocycles. The summed E-state index contributed by atoms with van der Waals surface area (Å²) in [6.07, 6.45) is 3.43. The molecule has 17 heavy (non-hydrogen) atoms. The van der Waals surface area contributed by atoms with E-state index in [0.717, 1.165) is 23.9 Å². The molecule has 3 N–H and O–H groups in total. The van der Waals surface area contributed by atoms with Gasteiger partial charge in [0.1, 0.15) is 0 Å². The normalized spacial score (nSPS) is 15.0. The van der Waals surface area contributed by atoms with E-state index in [1.54, 1.807) is 6.92 Å². The molecule has 0 spiro atoms. The summed E-state index contributed by atoms with van der Waals surface area (Å²) >= 11 is 0. The van der Waals surface area contributed by atoms with Crippen molar-refractivity contribution in [3.8, 4) is 0 Å². The van der Waals surface area contributed by atoms with Crippen molar-refractivity contribution in [1.82, 2.24) is 9.78 Å². The third-order valence-corrected chi connectivity index (χ3v) is 3.08. The van der Waals surface area contributed by atoms with Gasteiger partial charge in [-0.25, -0.2) is 0 Å². The minimum Gasteiger partial charge on any atom is -0.389 e. The highest BCUT2D eigenvalue weighted by Crippen LogP contribution is 2.15. The molecular weight excluding hydrogens is 214 g/mol. The van der Waals surface area contributed by atoms with Crippen LogP contribution >= 0.6 is 0 Å². The second kappa shape index (κ2) is 4.85. The van der Waals surface area contributed by atoms with E-state index < -0.39 is 5.60 Å². The van der Waals surface area contributed by atoms with Gasteiger partial charge in [-0.1, -0.05) is 18.2 Å². The third kappa shape index (κ3) is 2.84. The molecule has 1 heterocycles. The van der Waals surface area contributed by atoms with Gasteiger partial charge in [0.25, 0.3) is 0 Å². The van der Waals surface area contributed by atoms with E-state index in [0.29, 0.717) is 13.0 Å². The molecule has 92 valence electrons. The molecule has 0 bridgehead atoms. The topological polar surface area (TPSA) is 64.1 Å². The number of fused-ring (bicyclic) bond motifs is 1. The minimum atomic E-state index is -0.761. The van der Waals surface area contributed by atoms with Crippen LogP contribution in [0.2, 0.25) is 0 Å². The molecule has 0 saturated carbocycles. The van der Waals surface area contributed by atoms with Gasteiger partial charge in [-0.05, 0) is 25.8 Å². The maximum atomic E-state index is 9.81. The van der Waals surface area contributed by atoms with Gasteiger partial charge in [0, 0.05) is 18.5 Å². The molecule has 0 saturated heterocycles. The molecule has 0 amide bonds. The fourth-order valence-electron chi connectivity index (χ4n) is 1.92. The molecule has 2 aromatic rings. The van der Waals surface area contributed by atoms with Crippen LogP contribution in [0.3, 0.4) is 0 Å². The Bertz CT molecular complexity index is 490. The van der Waals surface area contributed by atoms with E-state index in [9.17, 15) is 5.11 Å². The van der Waals surface area contributed by atoms with E-state index in [2.05, 4.69) is 17.2 Å². The average Bonchev–Trinajstić information content (AvgIpc) is 2.73. The summed E-state index contributed by atoms with van der Waals surface area (Å²) in [5.74, 6) is 0. The van der Waals surface area contributed by atoms with E-state index in [1.165, 1.54) is 0 Å². The monoisotopic (exact) mass is 233 g/mol. The summed E-state index contributed by atoms with van der Waals surface area (Å²) < 4.78 is 1.97. The largest absolute Gasteiger partial charge is 0.389 e. The van der Waals surface area contributed by atoms with Gasteiger partial charge in [-0.2, -0.15) is 5.10 Å². The number of aryl methyl sites for hydroxylation is 1. The summed E-state index contributed by atoms with van der Waals surface area (Å²) in [5.41, 5.74) is 5.86. The van der Waals surface area contributed by atoms with Crippen molar-refractivity contribution < 1.29 is 5.11 Å². The van der Waals surface area contributed by atoms with Crippen LogP contribution in [-0.4, -0.2) is 27.0 Å². The summed E-state index contributed by atoms with van der Waals surface area (Å²) in [6.45, 7) is 2.88. The predicted octanol–water partition coefficient (Wildman–Crippen LogP) is 1.53. The third-order valence-electron chi connectivity index (χ3n) is 3.08. The lowest BCUT2D eigenvalue weighted by Crippen LogP contribution is -2.34. The molecule has 0 fully saturated rings. The molecule has 0 aliphatic rings. The number of hydrogen-bond acceptors (Lipinski definition) is 3. The Hall–Kier alpha value is -1.39. The molecule has 0 radical (unpaired) electrons. The van der Waals surface area contributed by atoms with Crippen molar-refractivity contribution in [1.29, 1.82) is 0 Å². The lowest BCUT2D eigenvalue weighted by Gasteiger charge is -2.20. The Morgan fingerprint density at radius 2 is 2.18 bits per heavy atom. The first kappa shape index (κ1) is 12.1. The maximum Gasteiger partial charge on any atom is 0.0742 e. The zero-order chi connectivity index (χ0) is 12.3. The standard InChI is InChI=1S/C13H19N3O/c1-13(17,10-14)7-4-8-16-12-6-3-2-5-11(12)9-15-16/h2-3,5-6,9,17H,4,7-8,10,14H2,1H3. The quantitative estimate of drug-likeness (QED) is 0.823. The van der Waals surface area contributed by atoms with Crippen molar-refractivity contribution >= 4 is 10.9 Å². The Morgan fingerprint density at radius 1 is 1.41 bits per heavy atom. The number of nitrogens with two attached hydrogens (primary N) is 1. The van der Waals surface area contributed by atoms with Crippen LogP contribution in [0, 0.1) is 0 Å².